The summed E-state index contributed by atoms with van der Waals surface area (Å²) in [6, 6.07) is 11.4. The molecule has 5 nitrogen and oxygen atoms in total. The smallest absolute Gasteiger partial charge is 0.272 e. The van der Waals surface area contributed by atoms with Crippen molar-refractivity contribution >= 4 is 17.3 Å². The summed E-state index contributed by atoms with van der Waals surface area (Å²) in [5.74, 6) is 0.773. The first kappa shape index (κ1) is 16.3. The summed E-state index contributed by atoms with van der Waals surface area (Å²) < 4.78 is 5.35. The van der Waals surface area contributed by atoms with Gasteiger partial charge in [0.2, 0.25) is 0 Å². The lowest BCUT2D eigenvalue weighted by atomic mass is 10.2. The Hall–Kier alpha value is -2.56. The number of rotatable bonds is 4. The van der Waals surface area contributed by atoms with Crippen LogP contribution in [0.25, 0.3) is 0 Å². The van der Waals surface area contributed by atoms with Crippen molar-refractivity contribution in [2.75, 3.05) is 25.5 Å². The molecule has 0 atom stereocenters. The second-order valence-electron chi connectivity index (χ2n) is 5.96. The maximum Gasteiger partial charge on any atom is 0.272 e. The molecule has 126 valence electrons. The number of para-hydroxylation sites is 2. The average Bonchev–Trinajstić information content (AvgIpc) is 2.91. The van der Waals surface area contributed by atoms with Gasteiger partial charge >= 0.3 is 0 Å². The third-order valence-electron chi connectivity index (χ3n) is 4.26. The molecule has 2 aromatic rings. The fourth-order valence-corrected chi connectivity index (χ4v) is 2.96. The van der Waals surface area contributed by atoms with Crippen LogP contribution >= 0.6 is 0 Å². The Kier molecular flexibility index (Phi) is 5.31. The molecule has 1 aromatic heterocycles. The largest absolute Gasteiger partial charge is 0.495 e. The molecule has 1 aromatic carbocycles. The number of anilines is 2. The first-order chi connectivity index (χ1) is 11.8. The number of carbonyl (C=O) groups excluding carboxylic acids is 1. The number of nitrogens with one attached hydrogen (secondary N) is 1. The van der Waals surface area contributed by atoms with Crippen LogP contribution in [0.4, 0.5) is 11.4 Å². The van der Waals surface area contributed by atoms with Gasteiger partial charge in [-0.1, -0.05) is 25.0 Å². The Morgan fingerprint density at radius 1 is 1.12 bits per heavy atom. The van der Waals surface area contributed by atoms with Gasteiger partial charge in [0.1, 0.15) is 11.4 Å². The topological polar surface area (TPSA) is 54.5 Å². The van der Waals surface area contributed by atoms with E-state index in [4.69, 9.17) is 4.74 Å². The number of carbonyl (C=O) groups is 1. The Morgan fingerprint density at radius 2 is 1.88 bits per heavy atom. The van der Waals surface area contributed by atoms with Crippen molar-refractivity contribution in [2.24, 2.45) is 0 Å². The van der Waals surface area contributed by atoms with Crippen molar-refractivity contribution in [1.29, 1.82) is 0 Å². The molecule has 24 heavy (non-hydrogen) atoms. The van der Waals surface area contributed by atoms with Crippen LogP contribution in [0, 0.1) is 0 Å². The number of ether oxygens (including phenoxy) is 1. The number of pyridine rings is 1. The van der Waals surface area contributed by atoms with Gasteiger partial charge in [-0.25, -0.2) is 0 Å². The number of likely N-dealkylation sites (tertiary alicyclic amines) is 1. The highest BCUT2D eigenvalue weighted by Gasteiger charge is 2.18. The van der Waals surface area contributed by atoms with Crippen LogP contribution < -0.4 is 10.1 Å². The zero-order chi connectivity index (χ0) is 16.8. The predicted octanol–water partition coefficient (Wildman–Crippen LogP) is 3.85. The lowest BCUT2D eigenvalue weighted by Gasteiger charge is -2.20. The van der Waals surface area contributed by atoms with Gasteiger partial charge in [-0.2, -0.15) is 0 Å². The van der Waals surface area contributed by atoms with Gasteiger partial charge in [-0.05, 0) is 37.1 Å². The van der Waals surface area contributed by atoms with Gasteiger partial charge in [-0.3, -0.25) is 9.78 Å². The first-order valence-corrected chi connectivity index (χ1v) is 8.43. The van der Waals surface area contributed by atoms with Crippen LogP contribution in [0.3, 0.4) is 0 Å². The molecule has 0 spiro atoms. The van der Waals surface area contributed by atoms with E-state index in [2.05, 4.69) is 10.3 Å². The second kappa shape index (κ2) is 7.81. The second-order valence-corrected chi connectivity index (χ2v) is 5.96. The Morgan fingerprint density at radius 3 is 2.62 bits per heavy atom. The number of hydrogen-bond donors (Lipinski definition) is 1. The summed E-state index contributed by atoms with van der Waals surface area (Å²) in [6.07, 6.45) is 6.22. The molecule has 1 fully saturated rings. The van der Waals surface area contributed by atoms with Crippen LogP contribution in [-0.4, -0.2) is 36.0 Å². The van der Waals surface area contributed by atoms with Crippen LogP contribution in [-0.2, 0) is 0 Å². The van der Waals surface area contributed by atoms with Gasteiger partial charge < -0.3 is 15.0 Å². The van der Waals surface area contributed by atoms with Crippen molar-refractivity contribution in [2.45, 2.75) is 25.7 Å². The maximum atomic E-state index is 12.7. The van der Waals surface area contributed by atoms with E-state index in [-0.39, 0.29) is 5.91 Å². The summed E-state index contributed by atoms with van der Waals surface area (Å²) in [4.78, 5) is 18.9. The molecule has 1 aliphatic heterocycles. The minimum Gasteiger partial charge on any atom is -0.495 e. The van der Waals surface area contributed by atoms with Gasteiger partial charge in [0.05, 0.1) is 12.8 Å². The van der Waals surface area contributed by atoms with Crippen molar-refractivity contribution in [3.63, 3.8) is 0 Å². The van der Waals surface area contributed by atoms with Crippen molar-refractivity contribution in [1.82, 2.24) is 9.88 Å². The molecule has 1 N–H and O–H groups in total. The van der Waals surface area contributed by atoms with E-state index in [9.17, 15) is 4.79 Å². The van der Waals surface area contributed by atoms with Crippen LogP contribution in [0.5, 0.6) is 5.75 Å². The molecular formula is C19H23N3O2. The lowest BCUT2D eigenvalue weighted by Crippen LogP contribution is -2.32. The average molecular weight is 325 g/mol. The number of methoxy groups -OCH3 is 1. The van der Waals surface area contributed by atoms with Gasteiger partial charge in [-0.15, -0.1) is 0 Å². The monoisotopic (exact) mass is 325 g/mol. The van der Waals surface area contributed by atoms with E-state index >= 15 is 0 Å². The van der Waals surface area contributed by atoms with E-state index in [1.165, 1.54) is 12.8 Å². The molecule has 0 aliphatic carbocycles. The molecule has 2 heterocycles. The third-order valence-corrected chi connectivity index (χ3v) is 4.26. The number of benzene rings is 1. The molecular weight excluding hydrogens is 302 g/mol. The molecule has 0 bridgehead atoms. The molecule has 0 saturated carbocycles. The van der Waals surface area contributed by atoms with E-state index in [1.54, 1.807) is 19.4 Å². The van der Waals surface area contributed by atoms with Gasteiger partial charge in [0, 0.05) is 25.0 Å². The van der Waals surface area contributed by atoms with Crippen molar-refractivity contribution in [3.8, 4) is 5.75 Å². The fourth-order valence-electron chi connectivity index (χ4n) is 2.96. The first-order valence-electron chi connectivity index (χ1n) is 8.43. The van der Waals surface area contributed by atoms with E-state index in [0.29, 0.717) is 5.69 Å². The van der Waals surface area contributed by atoms with Gasteiger partial charge in [0.15, 0.2) is 0 Å². The molecule has 1 amide bonds. The van der Waals surface area contributed by atoms with Crippen molar-refractivity contribution in [3.05, 3.63) is 48.3 Å². The molecule has 1 aliphatic rings. The van der Waals surface area contributed by atoms with Crippen LogP contribution in [0.2, 0.25) is 0 Å². The summed E-state index contributed by atoms with van der Waals surface area (Å²) in [5, 5.41) is 3.30. The zero-order valence-corrected chi connectivity index (χ0v) is 14.0. The SMILES string of the molecule is COc1ccccc1Nc1ccnc(C(=O)N2CCCCCC2)c1. The normalized spacial score (nSPS) is 14.8. The molecule has 0 radical (unpaired) electrons. The van der Waals surface area contributed by atoms with Crippen molar-refractivity contribution < 1.29 is 9.53 Å². The minimum atomic E-state index is 0.0144. The van der Waals surface area contributed by atoms with E-state index in [0.717, 1.165) is 43.1 Å². The van der Waals surface area contributed by atoms with Gasteiger partial charge in [0.25, 0.3) is 5.91 Å². The Labute approximate surface area is 142 Å². The predicted molar refractivity (Wildman–Crippen MR) is 94.9 cm³/mol. The summed E-state index contributed by atoms with van der Waals surface area (Å²) in [7, 11) is 1.64. The highest BCUT2D eigenvalue weighted by Crippen LogP contribution is 2.27. The van der Waals surface area contributed by atoms with E-state index < -0.39 is 0 Å². The fraction of sp³-hybridized carbons (Fsp3) is 0.368. The standard InChI is InChI=1S/C19H23N3O2/c1-24-18-9-5-4-8-16(18)21-15-10-11-20-17(14-15)19(23)22-12-6-2-3-7-13-22/h4-5,8-11,14H,2-3,6-7,12-13H2,1H3,(H,20,21). The quantitative estimate of drug-likeness (QED) is 0.927. The van der Waals surface area contributed by atoms with Crippen LogP contribution in [0.1, 0.15) is 36.2 Å². The Balaban J connectivity index is 1.77. The minimum absolute atomic E-state index is 0.0144. The molecule has 1 saturated heterocycles. The number of aromatic nitrogens is 1. The van der Waals surface area contributed by atoms with Crippen LogP contribution in [0.15, 0.2) is 42.6 Å². The summed E-state index contributed by atoms with van der Waals surface area (Å²) >= 11 is 0. The molecule has 5 heteroatoms. The lowest BCUT2D eigenvalue weighted by molar-refractivity contribution is 0.0756. The Bertz CT molecular complexity index is 695. The highest BCUT2D eigenvalue weighted by molar-refractivity contribution is 5.93. The third kappa shape index (κ3) is 3.85. The maximum absolute atomic E-state index is 12.7. The summed E-state index contributed by atoms with van der Waals surface area (Å²) in [5.41, 5.74) is 2.17. The number of amides is 1. The number of hydrogen-bond acceptors (Lipinski definition) is 4. The molecule has 3 rings (SSSR count). The summed E-state index contributed by atoms with van der Waals surface area (Å²) in [6.45, 7) is 1.65. The zero-order valence-electron chi connectivity index (χ0n) is 14.0. The number of nitrogens with zero attached hydrogens (tertiary/aromatic N) is 2. The molecule has 0 unspecified atom stereocenters. The highest BCUT2D eigenvalue weighted by atomic mass is 16.5. The van der Waals surface area contributed by atoms with E-state index in [1.807, 2.05) is 35.2 Å².